The number of anilines is 1. The summed E-state index contributed by atoms with van der Waals surface area (Å²) in [5.41, 5.74) is -2.46. The van der Waals surface area contributed by atoms with Crippen molar-refractivity contribution in [2.45, 2.75) is 51.2 Å². The lowest BCUT2D eigenvalue weighted by molar-refractivity contribution is -0.190. The van der Waals surface area contributed by atoms with Crippen LogP contribution in [0.5, 0.6) is 0 Å². The minimum absolute atomic E-state index is 0.0649. The van der Waals surface area contributed by atoms with Gasteiger partial charge in [0, 0.05) is 22.4 Å². The number of carbonyl (C=O) groups is 4. The molecule has 0 saturated heterocycles. The number of fused-ring (bicyclic) bond motifs is 5. The fraction of sp³-hybridized carbons (Fsp3) is 0.533. The Labute approximate surface area is 227 Å². The van der Waals surface area contributed by atoms with E-state index in [0.717, 1.165) is 5.57 Å². The van der Waals surface area contributed by atoms with Gasteiger partial charge in [-0.15, -0.1) is 0 Å². The molecule has 3 fully saturated rings. The number of amides is 1. The molecule has 8 atom stereocenters. The fourth-order valence-electron chi connectivity index (χ4n) is 8.21. The standard InChI is InChI=1S/C30H35NO8/c1-28-12-11-19(32)13-17(28)9-10-20-21-14-22(26(35)38-3)30(37,29(21,2)15-23(33)25(20)28)24(34)16-39-27(36)31-18-7-5-4-6-8-18/h4-8,11-13,20-23,25,33,37H,9-10,14-16H2,1-3H3,(H,31,36)/t20-,21-,22-,23-,25+,28-,29-,30-/m0/s1. The molecule has 9 nitrogen and oxygen atoms in total. The quantitative estimate of drug-likeness (QED) is 0.487. The molecule has 3 N–H and O–H groups in total. The number of hydrogen-bond donors (Lipinski definition) is 3. The largest absolute Gasteiger partial charge is 0.469 e. The third-order valence-corrected chi connectivity index (χ3v) is 10.0. The Kier molecular flexibility index (Phi) is 6.79. The van der Waals surface area contributed by atoms with Crippen LogP contribution in [0, 0.1) is 34.5 Å². The molecule has 4 aliphatic carbocycles. The molecule has 1 amide bonds. The number of ketones is 2. The molecule has 5 rings (SSSR count). The zero-order valence-corrected chi connectivity index (χ0v) is 22.4. The Morgan fingerprint density at radius 2 is 1.87 bits per heavy atom. The third-order valence-electron chi connectivity index (χ3n) is 10.0. The van der Waals surface area contributed by atoms with E-state index in [2.05, 4.69) is 5.32 Å². The van der Waals surface area contributed by atoms with Gasteiger partial charge < -0.3 is 19.7 Å². The summed E-state index contributed by atoms with van der Waals surface area (Å²) in [6.07, 6.45) is 4.86. The van der Waals surface area contributed by atoms with Crippen LogP contribution in [-0.4, -0.2) is 59.3 Å². The molecule has 4 aliphatic rings. The Balaban J connectivity index is 1.44. The molecule has 39 heavy (non-hydrogen) atoms. The maximum atomic E-state index is 13.7. The molecule has 0 spiro atoms. The number of carbonyl (C=O) groups excluding carboxylic acids is 4. The van der Waals surface area contributed by atoms with Crippen molar-refractivity contribution in [2.24, 2.45) is 34.5 Å². The highest BCUT2D eigenvalue weighted by atomic mass is 16.6. The number of nitrogens with one attached hydrogen (secondary N) is 1. The van der Waals surface area contributed by atoms with E-state index in [9.17, 15) is 29.4 Å². The van der Waals surface area contributed by atoms with Gasteiger partial charge in [0.05, 0.1) is 19.1 Å². The lowest BCUT2D eigenvalue weighted by atomic mass is 9.46. The second-order valence-electron chi connectivity index (χ2n) is 11.8. The number of allylic oxidation sites excluding steroid dienone is 4. The number of esters is 1. The normalized spacial score (nSPS) is 38.5. The lowest BCUT2D eigenvalue weighted by Gasteiger charge is -2.59. The molecule has 0 unspecified atom stereocenters. The average molecular weight is 538 g/mol. The monoisotopic (exact) mass is 537 g/mol. The number of rotatable bonds is 5. The Hall–Kier alpha value is -3.30. The molecule has 208 valence electrons. The zero-order valence-electron chi connectivity index (χ0n) is 22.4. The minimum Gasteiger partial charge on any atom is -0.469 e. The van der Waals surface area contributed by atoms with Crippen LogP contribution in [0.25, 0.3) is 0 Å². The van der Waals surface area contributed by atoms with Gasteiger partial charge in [0.25, 0.3) is 0 Å². The molecule has 1 aromatic carbocycles. The Morgan fingerprint density at radius 1 is 1.15 bits per heavy atom. The van der Waals surface area contributed by atoms with Crippen molar-refractivity contribution in [2.75, 3.05) is 19.0 Å². The highest BCUT2D eigenvalue weighted by Gasteiger charge is 2.73. The molecule has 0 aliphatic heterocycles. The first-order valence-corrected chi connectivity index (χ1v) is 13.4. The average Bonchev–Trinajstić information content (AvgIpc) is 3.15. The summed E-state index contributed by atoms with van der Waals surface area (Å²) in [5, 5.41) is 26.3. The summed E-state index contributed by atoms with van der Waals surface area (Å²) in [6, 6.07) is 8.58. The van der Waals surface area contributed by atoms with Gasteiger partial charge in [0.1, 0.15) is 5.60 Å². The number of methoxy groups -OCH3 is 1. The number of aliphatic hydroxyl groups excluding tert-OH is 1. The second-order valence-corrected chi connectivity index (χ2v) is 11.8. The predicted molar refractivity (Wildman–Crippen MR) is 140 cm³/mol. The van der Waals surface area contributed by atoms with Crippen LogP contribution < -0.4 is 5.32 Å². The van der Waals surface area contributed by atoms with Crippen molar-refractivity contribution in [1.29, 1.82) is 0 Å². The first-order valence-electron chi connectivity index (χ1n) is 13.4. The number of para-hydroxylation sites is 1. The van der Waals surface area contributed by atoms with E-state index in [1.54, 1.807) is 43.3 Å². The Morgan fingerprint density at radius 3 is 2.56 bits per heavy atom. The van der Waals surface area contributed by atoms with Crippen LogP contribution in [0.4, 0.5) is 10.5 Å². The highest BCUT2D eigenvalue weighted by molar-refractivity contribution is 6.01. The van der Waals surface area contributed by atoms with E-state index in [1.807, 2.05) is 13.0 Å². The van der Waals surface area contributed by atoms with Crippen LogP contribution in [0.2, 0.25) is 0 Å². The summed E-state index contributed by atoms with van der Waals surface area (Å²) in [5.74, 6) is -3.41. The van der Waals surface area contributed by atoms with Crippen molar-refractivity contribution in [3.8, 4) is 0 Å². The van der Waals surface area contributed by atoms with Gasteiger partial charge in [-0.05, 0) is 61.8 Å². The molecular weight excluding hydrogens is 502 g/mol. The molecule has 3 saturated carbocycles. The van der Waals surface area contributed by atoms with E-state index >= 15 is 0 Å². The van der Waals surface area contributed by atoms with Crippen LogP contribution in [0.1, 0.15) is 39.5 Å². The van der Waals surface area contributed by atoms with Crippen LogP contribution in [0.15, 0.2) is 54.1 Å². The number of ether oxygens (including phenoxy) is 2. The summed E-state index contributed by atoms with van der Waals surface area (Å²) in [6.45, 7) is 3.02. The van der Waals surface area contributed by atoms with E-state index in [0.29, 0.717) is 18.5 Å². The van der Waals surface area contributed by atoms with Gasteiger partial charge in [0.2, 0.25) is 5.78 Å². The first-order chi connectivity index (χ1) is 18.5. The summed E-state index contributed by atoms with van der Waals surface area (Å²) < 4.78 is 10.2. The maximum absolute atomic E-state index is 13.7. The first kappa shape index (κ1) is 27.3. The molecular formula is C30H35NO8. The van der Waals surface area contributed by atoms with Crippen molar-refractivity contribution >= 4 is 29.3 Å². The fourth-order valence-corrected chi connectivity index (χ4v) is 8.21. The van der Waals surface area contributed by atoms with Gasteiger partial charge in [-0.3, -0.25) is 19.7 Å². The van der Waals surface area contributed by atoms with Gasteiger partial charge in [-0.1, -0.05) is 43.7 Å². The van der Waals surface area contributed by atoms with E-state index < -0.39 is 52.9 Å². The van der Waals surface area contributed by atoms with E-state index in [4.69, 9.17) is 9.47 Å². The highest BCUT2D eigenvalue weighted by Crippen LogP contribution is 2.68. The molecule has 0 bridgehead atoms. The molecule has 0 radical (unpaired) electrons. The van der Waals surface area contributed by atoms with Crippen LogP contribution in [-0.2, 0) is 23.9 Å². The van der Waals surface area contributed by atoms with Gasteiger partial charge in [0.15, 0.2) is 12.4 Å². The SMILES string of the molecule is COC(=O)[C@@H]1C[C@H]2[C@@H]3CCC4=CC(=O)C=C[C@]4(C)[C@H]3[C@@H](O)C[C@]2(C)[C@@]1(O)C(=O)COC(=O)Nc1ccccc1. The second kappa shape index (κ2) is 9.71. The maximum Gasteiger partial charge on any atom is 0.412 e. The van der Waals surface area contributed by atoms with E-state index in [1.165, 1.54) is 13.2 Å². The number of aliphatic hydroxyl groups is 2. The van der Waals surface area contributed by atoms with Gasteiger partial charge >= 0.3 is 12.1 Å². The van der Waals surface area contributed by atoms with Crippen molar-refractivity contribution in [3.63, 3.8) is 0 Å². The van der Waals surface area contributed by atoms with Crippen LogP contribution >= 0.6 is 0 Å². The summed E-state index contributed by atoms with van der Waals surface area (Å²) in [4.78, 5) is 51.1. The van der Waals surface area contributed by atoms with Gasteiger partial charge in [-0.2, -0.15) is 0 Å². The predicted octanol–water partition coefficient (Wildman–Crippen LogP) is 3.21. The van der Waals surface area contributed by atoms with Crippen molar-refractivity contribution in [1.82, 2.24) is 0 Å². The number of Topliss-reactive ketones (excluding diaryl/α,β-unsaturated/α-hetero) is 1. The third kappa shape index (κ3) is 4.14. The smallest absolute Gasteiger partial charge is 0.412 e. The lowest BCUT2D eigenvalue weighted by Crippen LogP contribution is -2.63. The topological polar surface area (TPSA) is 139 Å². The van der Waals surface area contributed by atoms with Gasteiger partial charge in [-0.25, -0.2) is 4.79 Å². The number of benzene rings is 1. The molecule has 9 heteroatoms. The Bertz CT molecular complexity index is 1260. The molecule has 0 aromatic heterocycles. The molecule has 1 aromatic rings. The van der Waals surface area contributed by atoms with Crippen LogP contribution in [0.3, 0.4) is 0 Å². The zero-order chi connectivity index (χ0) is 28.2. The summed E-state index contributed by atoms with van der Waals surface area (Å²) in [7, 11) is 1.21. The molecule has 0 heterocycles. The summed E-state index contributed by atoms with van der Waals surface area (Å²) >= 11 is 0. The van der Waals surface area contributed by atoms with Crippen molar-refractivity contribution in [3.05, 3.63) is 54.1 Å². The number of hydrogen-bond acceptors (Lipinski definition) is 8. The minimum atomic E-state index is -2.21. The van der Waals surface area contributed by atoms with Crippen molar-refractivity contribution < 1.29 is 38.9 Å². The van der Waals surface area contributed by atoms with E-state index in [-0.39, 0.29) is 36.4 Å².